The maximum Gasteiger partial charge on any atom is 0.269 e. The van der Waals surface area contributed by atoms with E-state index in [1.54, 1.807) is 6.92 Å². The lowest BCUT2D eigenvalue weighted by Crippen LogP contribution is -2.31. The van der Waals surface area contributed by atoms with E-state index in [1.165, 1.54) is 24.3 Å². The Labute approximate surface area is 157 Å². The Morgan fingerprint density at radius 3 is 1.89 bits per heavy atom. The molecule has 2 aromatic rings. The van der Waals surface area contributed by atoms with Gasteiger partial charge in [-0.15, -0.1) is 0 Å². The largest absolute Gasteiger partial charge is 0.280 e. The van der Waals surface area contributed by atoms with Crippen molar-refractivity contribution in [1.82, 2.24) is 4.72 Å². The number of nitro groups is 1. The second-order valence-corrected chi connectivity index (χ2v) is 9.21. The van der Waals surface area contributed by atoms with E-state index >= 15 is 0 Å². The minimum absolute atomic E-state index is 0.0149. The molecule has 0 fully saturated rings. The number of nitro benzene ring substituents is 1. The highest BCUT2D eigenvalue weighted by Gasteiger charge is 2.18. The third kappa shape index (κ3) is 5.25. The molecule has 0 amide bonds. The zero-order chi connectivity index (χ0) is 20.2. The predicted octanol–water partition coefficient (Wildman–Crippen LogP) is 2.47. The Balaban J connectivity index is 2.19. The van der Waals surface area contributed by atoms with Crippen molar-refractivity contribution < 1.29 is 21.8 Å². The lowest BCUT2D eigenvalue weighted by Gasteiger charge is -2.13. The summed E-state index contributed by atoms with van der Waals surface area (Å²) < 4.78 is 53.9. The fourth-order valence-corrected chi connectivity index (χ4v) is 4.46. The fraction of sp³-hybridized carbons (Fsp3) is 0.250. The maximum atomic E-state index is 12.3. The highest BCUT2D eigenvalue weighted by molar-refractivity contribution is 7.92. The molecular weight excluding hydrogens is 394 g/mol. The molecule has 0 bridgehead atoms. The number of rotatable bonds is 8. The van der Waals surface area contributed by atoms with E-state index in [1.807, 2.05) is 6.92 Å². The average Bonchev–Trinajstić information content (AvgIpc) is 2.61. The summed E-state index contributed by atoms with van der Waals surface area (Å²) in [5, 5.41) is 10.6. The molecule has 9 nitrogen and oxygen atoms in total. The molecule has 0 aromatic heterocycles. The summed E-state index contributed by atoms with van der Waals surface area (Å²) in [4.78, 5) is 9.87. The topological polar surface area (TPSA) is 135 Å². The summed E-state index contributed by atoms with van der Waals surface area (Å²) in [7, 11) is -7.65. The van der Waals surface area contributed by atoms with Crippen molar-refractivity contribution in [3.05, 3.63) is 58.6 Å². The summed E-state index contributed by atoms with van der Waals surface area (Å²) in [6.45, 7) is 3.59. The molecule has 0 aliphatic carbocycles. The highest BCUT2D eigenvalue weighted by Crippen LogP contribution is 2.20. The molecular formula is C16H19N3O6S2. The zero-order valence-corrected chi connectivity index (χ0v) is 16.2. The summed E-state index contributed by atoms with van der Waals surface area (Å²) in [6.07, 6.45) is 0.631. The van der Waals surface area contributed by atoms with E-state index in [0.29, 0.717) is 6.42 Å². The molecule has 0 aliphatic rings. The van der Waals surface area contributed by atoms with Gasteiger partial charge in [0.05, 0.1) is 14.7 Å². The van der Waals surface area contributed by atoms with Crippen molar-refractivity contribution in [3.63, 3.8) is 0 Å². The van der Waals surface area contributed by atoms with E-state index in [0.717, 1.165) is 24.3 Å². The molecule has 0 aliphatic heterocycles. The zero-order valence-electron chi connectivity index (χ0n) is 14.6. The van der Waals surface area contributed by atoms with E-state index in [9.17, 15) is 26.9 Å². The Morgan fingerprint density at radius 2 is 1.41 bits per heavy atom. The van der Waals surface area contributed by atoms with Gasteiger partial charge in [0.15, 0.2) is 0 Å². The van der Waals surface area contributed by atoms with Crippen LogP contribution < -0.4 is 9.44 Å². The quantitative estimate of drug-likeness (QED) is 0.504. The van der Waals surface area contributed by atoms with Crippen LogP contribution in [0, 0.1) is 10.1 Å². The first-order chi connectivity index (χ1) is 12.5. The van der Waals surface area contributed by atoms with Gasteiger partial charge < -0.3 is 0 Å². The van der Waals surface area contributed by atoms with Gasteiger partial charge in [0, 0.05) is 23.9 Å². The van der Waals surface area contributed by atoms with E-state index in [2.05, 4.69) is 9.44 Å². The lowest BCUT2D eigenvalue weighted by molar-refractivity contribution is -0.384. The molecule has 0 heterocycles. The molecule has 0 radical (unpaired) electrons. The van der Waals surface area contributed by atoms with Crippen LogP contribution in [0.25, 0.3) is 0 Å². The molecule has 0 spiro atoms. The van der Waals surface area contributed by atoms with Crippen LogP contribution in [-0.2, 0) is 20.0 Å². The molecule has 1 unspecified atom stereocenters. The van der Waals surface area contributed by atoms with Gasteiger partial charge in [-0.2, -0.15) is 0 Å². The van der Waals surface area contributed by atoms with E-state index in [-0.39, 0.29) is 27.2 Å². The van der Waals surface area contributed by atoms with Crippen molar-refractivity contribution in [2.45, 2.75) is 36.1 Å². The number of hydrogen-bond acceptors (Lipinski definition) is 6. The Hall–Kier alpha value is -2.50. The van der Waals surface area contributed by atoms with E-state index < -0.39 is 25.0 Å². The molecule has 0 saturated heterocycles. The SMILES string of the molecule is CCC(C)NS(=O)(=O)c1ccc(NS(=O)(=O)c2ccc([N+](=O)[O-])cc2)cc1. The first-order valence-corrected chi connectivity index (χ1v) is 10.9. The second-order valence-electron chi connectivity index (χ2n) is 5.81. The summed E-state index contributed by atoms with van der Waals surface area (Å²) in [5.74, 6) is 0. The Morgan fingerprint density at radius 1 is 0.926 bits per heavy atom. The fourth-order valence-electron chi connectivity index (χ4n) is 2.08. The molecule has 0 saturated carbocycles. The number of nitrogens with zero attached hydrogens (tertiary/aromatic N) is 1. The van der Waals surface area contributed by atoms with Crippen molar-refractivity contribution in [2.75, 3.05) is 4.72 Å². The van der Waals surface area contributed by atoms with Crippen LogP contribution in [0.3, 0.4) is 0 Å². The van der Waals surface area contributed by atoms with Crippen molar-refractivity contribution in [3.8, 4) is 0 Å². The first-order valence-electron chi connectivity index (χ1n) is 7.95. The average molecular weight is 413 g/mol. The van der Waals surface area contributed by atoms with Gasteiger partial charge in [-0.1, -0.05) is 6.92 Å². The van der Waals surface area contributed by atoms with Crippen LogP contribution in [0.2, 0.25) is 0 Å². The lowest BCUT2D eigenvalue weighted by atomic mass is 10.3. The minimum Gasteiger partial charge on any atom is -0.280 e. The third-order valence-corrected chi connectivity index (χ3v) is 6.75. The van der Waals surface area contributed by atoms with Crippen molar-refractivity contribution in [1.29, 1.82) is 0 Å². The maximum absolute atomic E-state index is 12.3. The first kappa shape index (κ1) is 20.8. The molecule has 146 valence electrons. The summed E-state index contributed by atoms with van der Waals surface area (Å²) in [5.41, 5.74) is -0.0619. The molecule has 2 aromatic carbocycles. The van der Waals surface area contributed by atoms with Gasteiger partial charge >= 0.3 is 0 Å². The van der Waals surface area contributed by atoms with Gasteiger partial charge in [0.1, 0.15) is 0 Å². The normalized spacial score (nSPS) is 13.1. The molecule has 11 heteroatoms. The van der Waals surface area contributed by atoms with Crippen LogP contribution in [0.15, 0.2) is 58.3 Å². The minimum atomic E-state index is -3.96. The van der Waals surface area contributed by atoms with Gasteiger partial charge in [-0.25, -0.2) is 21.6 Å². The van der Waals surface area contributed by atoms with E-state index in [4.69, 9.17) is 0 Å². The summed E-state index contributed by atoms with van der Waals surface area (Å²) >= 11 is 0. The van der Waals surface area contributed by atoms with Crippen LogP contribution in [0.4, 0.5) is 11.4 Å². The monoisotopic (exact) mass is 413 g/mol. The van der Waals surface area contributed by atoms with Crippen molar-refractivity contribution >= 4 is 31.4 Å². The second kappa shape index (κ2) is 8.03. The van der Waals surface area contributed by atoms with Gasteiger partial charge in [0.2, 0.25) is 10.0 Å². The van der Waals surface area contributed by atoms with Crippen LogP contribution in [-0.4, -0.2) is 27.8 Å². The number of hydrogen-bond donors (Lipinski definition) is 2. The van der Waals surface area contributed by atoms with Gasteiger partial charge in [-0.05, 0) is 49.7 Å². The smallest absolute Gasteiger partial charge is 0.269 e. The predicted molar refractivity (Wildman–Crippen MR) is 100 cm³/mol. The van der Waals surface area contributed by atoms with Crippen LogP contribution in [0.1, 0.15) is 20.3 Å². The van der Waals surface area contributed by atoms with Gasteiger partial charge in [-0.3, -0.25) is 14.8 Å². The van der Waals surface area contributed by atoms with Gasteiger partial charge in [0.25, 0.3) is 15.7 Å². The number of sulfonamides is 2. The standard InChI is InChI=1S/C16H19N3O6S2/c1-3-12(2)17-26(22,23)15-8-4-13(5-9-15)18-27(24,25)16-10-6-14(7-11-16)19(20)21/h4-12,17-18H,3H2,1-2H3. The number of benzene rings is 2. The molecule has 27 heavy (non-hydrogen) atoms. The number of anilines is 1. The highest BCUT2D eigenvalue weighted by atomic mass is 32.2. The van der Waals surface area contributed by atoms with Crippen LogP contribution in [0.5, 0.6) is 0 Å². The van der Waals surface area contributed by atoms with Crippen molar-refractivity contribution in [2.24, 2.45) is 0 Å². The Bertz CT molecular complexity index is 1020. The number of nitrogens with one attached hydrogen (secondary N) is 2. The van der Waals surface area contributed by atoms with Crippen LogP contribution >= 0.6 is 0 Å². The molecule has 2 N–H and O–H groups in total. The Kier molecular flexibility index (Phi) is 6.19. The number of non-ortho nitro benzene ring substituents is 1. The molecule has 2 rings (SSSR count). The third-order valence-electron chi connectivity index (χ3n) is 3.74. The molecule has 1 atom stereocenters. The summed E-state index contributed by atoms with van der Waals surface area (Å²) in [6, 6.07) is 9.43.